The predicted octanol–water partition coefficient (Wildman–Crippen LogP) is 1.58. The quantitative estimate of drug-likeness (QED) is 0.562. The van der Waals surface area contributed by atoms with Gasteiger partial charge >= 0.3 is 5.97 Å². The Hall–Kier alpha value is -1.35. The van der Waals surface area contributed by atoms with E-state index in [1.165, 1.54) is 12.7 Å². The zero-order chi connectivity index (χ0) is 10.9. The molecule has 0 bridgehead atoms. The molecular formula is C12H17NO2. The lowest BCUT2D eigenvalue weighted by molar-refractivity contribution is -0.139. The van der Waals surface area contributed by atoms with E-state index in [1.807, 2.05) is 0 Å². The molecule has 0 aromatic carbocycles. The molecule has 0 unspecified atom stereocenters. The molecule has 0 fully saturated rings. The van der Waals surface area contributed by atoms with Crippen molar-refractivity contribution in [3.05, 3.63) is 36.0 Å². The number of rotatable bonds is 4. The normalized spacial score (nSPS) is 17.5. The number of hydrogen-bond donors (Lipinski definition) is 1. The Balaban J connectivity index is 2.30. The Bertz CT molecular complexity index is 290. The Morgan fingerprint density at radius 1 is 1.40 bits per heavy atom. The topological polar surface area (TPSA) is 38.3 Å². The molecule has 1 aliphatic rings. The lowest BCUT2D eigenvalue weighted by Gasteiger charge is -2.05. The first kappa shape index (κ1) is 11.7. The second-order valence-corrected chi connectivity index (χ2v) is 3.30. The van der Waals surface area contributed by atoms with Gasteiger partial charge in [0.05, 0.1) is 13.7 Å². The predicted molar refractivity (Wildman–Crippen MR) is 60.5 cm³/mol. The van der Waals surface area contributed by atoms with E-state index >= 15 is 0 Å². The molecule has 3 nitrogen and oxygen atoms in total. The van der Waals surface area contributed by atoms with Crippen molar-refractivity contribution < 1.29 is 9.53 Å². The largest absolute Gasteiger partial charge is 0.468 e. The Kier molecular flexibility index (Phi) is 5.48. The van der Waals surface area contributed by atoms with Gasteiger partial charge in [-0.25, -0.2) is 0 Å². The Morgan fingerprint density at radius 2 is 2.20 bits per heavy atom. The average molecular weight is 207 g/mol. The smallest absolute Gasteiger partial charge is 0.319 e. The summed E-state index contributed by atoms with van der Waals surface area (Å²) in [5.41, 5.74) is 1.21. The third kappa shape index (κ3) is 5.18. The van der Waals surface area contributed by atoms with E-state index in [4.69, 9.17) is 0 Å². The summed E-state index contributed by atoms with van der Waals surface area (Å²) in [6.07, 6.45) is 12.6. The van der Waals surface area contributed by atoms with Crippen molar-refractivity contribution in [3.63, 3.8) is 0 Å². The van der Waals surface area contributed by atoms with E-state index in [0.29, 0.717) is 6.54 Å². The first-order valence-corrected chi connectivity index (χ1v) is 5.11. The van der Waals surface area contributed by atoms with Gasteiger partial charge in [-0.05, 0) is 18.4 Å². The number of nitrogens with one attached hydrogen (secondary N) is 1. The number of esters is 1. The van der Waals surface area contributed by atoms with Crippen LogP contribution in [-0.2, 0) is 9.53 Å². The van der Waals surface area contributed by atoms with Gasteiger partial charge in [-0.1, -0.05) is 30.4 Å². The third-order valence-electron chi connectivity index (χ3n) is 2.11. The molecule has 0 spiro atoms. The summed E-state index contributed by atoms with van der Waals surface area (Å²) >= 11 is 0. The first-order valence-electron chi connectivity index (χ1n) is 5.11. The molecule has 0 saturated carbocycles. The van der Waals surface area contributed by atoms with Crippen LogP contribution in [-0.4, -0.2) is 26.2 Å². The molecule has 0 saturated heterocycles. The van der Waals surface area contributed by atoms with Gasteiger partial charge in [0.15, 0.2) is 0 Å². The maximum atomic E-state index is 10.8. The fourth-order valence-corrected chi connectivity index (χ4v) is 1.29. The van der Waals surface area contributed by atoms with E-state index in [1.54, 1.807) is 0 Å². The zero-order valence-corrected chi connectivity index (χ0v) is 9.03. The second kappa shape index (κ2) is 7.01. The molecule has 0 aliphatic heterocycles. The highest BCUT2D eigenvalue weighted by Crippen LogP contribution is 2.04. The summed E-state index contributed by atoms with van der Waals surface area (Å²) in [5.74, 6) is -0.231. The van der Waals surface area contributed by atoms with Gasteiger partial charge in [0.1, 0.15) is 0 Å². The van der Waals surface area contributed by atoms with Gasteiger partial charge < -0.3 is 10.1 Å². The van der Waals surface area contributed by atoms with Crippen LogP contribution in [0.4, 0.5) is 0 Å². The van der Waals surface area contributed by atoms with E-state index in [2.05, 4.69) is 40.4 Å². The Morgan fingerprint density at radius 3 is 3.00 bits per heavy atom. The highest BCUT2D eigenvalue weighted by molar-refractivity contribution is 5.71. The van der Waals surface area contributed by atoms with Crippen LogP contribution < -0.4 is 5.32 Å². The highest BCUT2D eigenvalue weighted by atomic mass is 16.5. The molecule has 3 heteroatoms. The summed E-state index contributed by atoms with van der Waals surface area (Å²) in [6.45, 7) is 0.969. The molecule has 1 aliphatic carbocycles. The molecule has 0 aromatic rings. The van der Waals surface area contributed by atoms with Crippen molar-refractivity contribution in [1.82, 2.24) is 5.32 Å². The lowest BCUT2D eigenvalue weighted by atomic mass is 10.1. The molecule has 1 rings (SSSR count). The molecule has 82 valence electrons. The minimum atomic E-state index is -0.231. The van der Waals surface area contributed by atoms with Crippen LogP contribution in [0.1, 0.15) is 12.8 Å². The third-order valence-corrected chi connectivity index (χ3v) is 2.11. The zero-order valence-electron chi connectivity index (χ0n) is 9.03. The molecule has 0 amide bonds. The minimum Gasteiger partial charge on any atom is -0.468 e. The van der Waals surface area contributed by atoms with Gasteiger partial charge in [-0.3, -0.25) is 4.79 Å². The van der Waals surface area contributed by atoms with E-state index in [9.17, 15) is 4.79 Å². The van der Waals surface area contributed by atoms with Crippen LogP contribution >= 0.6 is 0 Å². The fourth-order valence-electron chi connectivity index (χ4n) is 1.29. The van der Waals surface area contributed by atoms with Crippen LogP contribution in [0.5, 0.6) is 0 Å². The number of carbonyl (C=O) groups is 1. The molecular weight excluding hydrogens is 190 g/mol. The van der Waals surface area contributed by atoms with E-state index < -0.39 is 0 Å². The summed E-state index contributed by atoms with van der Waals surface area (Å²) in [5, 5.41) is 3.04. The summed E-state index contributed by atoms with van der Waals surface area (Å²) in [7, 11) is 1.39. The van der Waals surface area contributed by atoms with Crippen molar-refractivity contribution >= 4 is 5.97 Å². The number of ether oxygens (including phenoxy) is 1. The maximum Gasteiger partial charge on any atom is 0.319 e. The number of hydrogen-bond acceptors (Lipinski definition) is 3. The monoisotopic (exact) mass is 207 g/mol. The van der Waals surface area contributed by atoms with Gasteiger partial charge in [-0.15, -0.1) is 0 Å². The van der Waals surface area contributed by atoms with Crippen LogP contribution in [0, 0.1) is 0 Å². The SMILES string of the molecule is COC(=O)CNCC1=CC/C=C\CC=C1. The molecule has 15 heavy (non-hydrogen) atoms. The van der Waals surface area contributed by atoms with Crippen LogP contribution in [0.25, 0.3) is 0 Å². The minimum absolute atomic E-state index is 0.231. The maximum absolute atomic E-state index is 10.8. The van der Waals surface area contributed by atoms with Crippen molar-refractivity contribution in [2.45, 2.75) is 12.8 Å². The Labute approximate surface area is 90.5 Å². The molecule has 0 heterocycles. The second-order valence-electron chi connectivity index (χ2n) is 3.30. The average Bonchev–Trinajstić information content (AvgIpc) is 2.20. The molecule has 1 N–H and O–H groups in total. The van der Waals surface area contributed by atoms with Crippen LogP contribution in [0.2, 0.25) is 0 Å². The number of allylic oxidation sites excluding steroid dienone is 4. The standard InChI is InChI=1S/C12H17NO2/c1-15-12(14)10-13-9-11-7-5-3-2-4-6-8-11/h2-3,6-8,13H,4-5,9-10H2,1H3/b3-2-,8-6?,11-7?. The lowest BCUT2D eigenvalue weighted by Crippen LogP contribution is -2.25. The molecule has 0 atom stereocenters. The summed E-state index contributed by atoms with van der Waals surface area (Å²) in [6, 6.07) is 0. The van der Waals surface area contributed by atoms with Crippen LogP contribution in [0.3, 0.4) is 0 Å². The highest BCUT2D eigenvalue weighted by Gasteiger charge is 1.99. The summed E-state index contributed by atoms with van der Waals surface area (Å²) < 4.78 is 4.53. The molecule has 0 radical (unpaired) electrons. The first-order chi connectivity index (χ1) is 7.33. The van der Waals surface area contributed by atoms with Gasteiger partial charge in [0, 0.05) is 6.54 Å². The molecule has 0 aromatic heterocycles. The number of carbonyl (C=O) groups excluding carboxylic acids is 1. The van der Waals surface area contributed by atoms with Crippen molar-refractivity contribution in [2.75, 3.05) is 20.2 Å². The van der Waals surface area contributed by atoms with Crippen LogP contribution in [0.15, 0.2) is 36.0 Å². The van der Waals surface area contributed by atoms with Gasteiger partial charge in [0.2, 0.25) is 0 Å². The van der Waals surface area contributed by atoms with Crippen molar-refractivity contribution in [3.8, 4) is 0 Å². The van der Waals surface area contributed by atoms with Crippen molar-refractivity contribution in [1.29, 1.82) is 0 Å². The number of methoxy groups -OCH3 is 1. The van der Waals surface area contributed by atoms with Gasteiger partial charge in [0.25, 0.3) is 0 Å². The van der Waals surface area contributed by atoms with E-state index in [-0.39, 0.29) is 12.5 Å². The van der Waals surface area contributed by atoms with E-state index in [0.717, 1.165) is 12.8 Å². The summed E-state index contributed by atoms with van der Waals surface area (Å²) in [4.78, 5) is 10.8. The van der Waals surface area contributed by atoms with Crippen molar-refractivity contribution in [2.24, 2.45) is 0 Å². The van der Waals surface area contributed by atoms with Gasteiger partial charge in [-0.2, -0.15) is 0 Å². The fraction of sp³-hybridized carbons (Fsp3) is 0.417.